The molecule has 2 N–H and O–H groups in total. The van der Waals surface area contributed by atoms with Crippen molar-refractivity contribution in [3.63, 3.8) is 0 Å². The first-order chi connectivity index (χ1) is 12.0. The summed E-state index contributed by atoms with van der Waals surface area (Å²) in [5.41, 5.74) is 1.78. The number of thiazole rings is 1. The second-order valence-electron chi connectivity index (χ2n) is 6.76. The minimum atomic E-state index is -0.845. The maximum atomic E-state index is 12.7. The largest absolute Gasteiger partial charge is 0.481 e. The van der Waals surface area contributed by atoms with Crippen molar-refractivity contribution >= 4 is 44.3 Å². The summed E-state index contributed by atoms with van der Waals surface area (Å²) in [6.07, 6.45) is 2.74. The highest BCUT2D eigenvalue weighted by Gasteiger charge is 2.54. The van der Waals surface area contributed by atoms with Crippen LogP contribution in [0.1, 0.15) is 19.3 Å². The molecule has 2 saturated carbocycles. The van der Waals surface area contributed by atoms with Gasteiger partial charge in [-0.05, 0) is 43.2 Å². The number of halogens is 1. The van der Waals surface area contributed by atoms with Crippen molar-refractivity contribution in [1.29, 1.82) is 0 Å². The number of hydrogen-bond acceptors (Lipinski definition) is 4. The van der Waals surface area contributed by atoms with E-state index < -0.39 is 17.8 Å². The number of aromatic nitrogens is 1. The van der Waals surface area contributed by atoms with E-state index in [2.05, 4.69) is 26.2 Å². The third-order valence-electron chi connectivity index (χ3n) is 5.38. The maximum Gasteiger partial charge on any atom is 0.307 e. The normalized spacial score (nSPS) is 27.4. The Morgan fingerprint density at radius 2 is 1.84 bits per heavy atom. The minimum Gasteiger partial charge on any atom is -0.481 e. The van der Waals surface area contributed by atoms with E-state index >= 15 is 0 Å². The van der Waals surface area contributed by atoms with Crippen LogP contribution >= 0.6 is 27.3 Å². The Morgan fingerprint density at radius 3 is 2.52 bits per heavy atom. The second-order valence-corrected chi connectivity index (χ2v) is 8.53. The lowest BCUT2D eigenvalue weighted by atomic mass is 9.79. The van der Waals surface area contributed by atoms with E-state index in [1.165, 1.54) is 11.3 Å². The van der Waals surface area contributed by atoms with Crippen LogP contribution in [0, 0.1) is 23.7 Å². The Labute approximate surface area is 157 Å². The van der Waals surface area contributed by atoms with Crippen LogP contribution in [0.15, 0.2) is 34.1 Å². The van der Waals surface area contributed by atoms with Gasteiger partial charge >= 0.3 is 5.97 Å². The standard InChI is InChI=1S/C18H17BrN2O3S/c19-12-5-3-9(4-6-12)13-8-25-18(20-13)21-16(22)14-10-1-2-11(7-10)15(14)17(23)24/h3-6,8,10-11,14-15H,1-2,7H2,(H,23,24)(H,20,21,22). The zero-order valence-corrected chi connectivity index (χ0v) is 15.7. The molecule has 1 aromatic carbocycles. The molecule has 5 nitrogen and oxygen atoms in total. The molecule has 2 aliphatic rings. The number of hydrogen-bond donors (Lipinski definition) is 2. The Kier molecular flexibility index (Phi) is 4.37. The molecule has 25 heavy (non-hydrogen) atoms. The van der Waals surface area contributed by atoms with Gasteiger partial charge in [0.15, 0.2) is 5.13 Å². The third-order valence-corrected chi connectivity index (χ3v) is 6.66. The lowest BCUT2D eigenvalue weighted by Crippen LogP contribution is -2.37. The molecule has 2 aromatic rings. The summed E-state index contributed by atoms with van der Waals surface area (Å²) in [6.45, 7) is 0. The summed E-state index contributed by atoms with van der Waals surface area (Å²) in [7, 11) is 0. The molecular weight excluding hydrogens is 404 g/mol. The van der Waals surface area contributed by atoms with Crippen molar-refractivity contribution in [2.75, 3.05) is 5.32 Å². The number of carboxylic acids is 1. The van der Waals surface area contributed by atoms with Gasteiger partial charge in [-0.25, -0.2) is 4.98 Å². The van der Waals surface area contributed by atoms with Crippen molar-refractivity contribution in [2.24, 2.45) is 23.7 Å². The summed E-state index contributed by atoms with van der Waals surface area (Å²) < 4.78 is 0.996. The molecule has 0 aliphatic heterocycles. The van der Waals surface area contributed by atoms with Crippen LogP contribution in [-0.2, 0) is 9.59 Å². The highest BCUT2D eigenvalue weighted by Crippen LogP contribution is 2.52. The van der Waals surface area contributed by atoms with E-state index in [0.29, 0.717) is 5.13 Å². The van der Waals surface area contributed by atoms with Gasteiger partial charge < -0.3 is 10.4 Å². The van der Waals surface area contributed by atoms with Crippen LogP contribution < -0.4 is 5.32 Å². The number of fused-ring (bicyclic) bond motifs is 2. The molecule has 1 heterocycles. The molecular formula is C18H17BrN2O3S. The molecule has 4 rings (SSSR count). The summed E-state index contributed by atoms with van der Waals surface area (Å²) >= 11 is 4.77. The average Bonchev–Trinajstić information content (AvgIpc) is 3.30. The highest BCUT2D eigenvalue weighted by molar-refractivity contribution is 9.10. The Bertz CT molecular complexity index is 820. The Hall–Kier alpha value is -1.73. The fourth-order valence-corrected chi connectivity index (χ4v) is 5.28. The zero-order chi connectivity index (χ0) is 17.6. The quantitative estimate of drug-likeness (QED) is 0.774. The van der Waals surface area contributed by atoms with Gasteiger partial charge in [0.05, 0.1) is 17.5 Å². The van der Waals surface area contributed by atoms with Crippen molar-refractivity contribution in [1.82, 2.24) is 4.98 Å². The molecule has 0 saturated heterocycles. The van der Waals surface area contributed by atoms with Crippen molar-refractivity contribution in [2.45, 2.75) is 19.3 Å². The third kappa shape index (κ3) is 3.11. The smallest absolute Gasteiger partial charge is 0.307 e. The summed E-state index contributed by atoms with van der Waals surface area (Å²) in [5.74, 6) is -1.69. The molecule has 4 unspecified atom stereocenters. The number of carbonyl (C=O) groups excluding carboxylic acids is 1. The van der Waals surface area contributed by atoms with Crippen LogP contribution in [0.4, 0.5) is 5.13 Å². The number of benzene rings is 1. The number of nitrogens with zero attached hydrogens (tertiary/aromatic N) is 1. The molecule has 130 valence electrons. The number of rotatable bonds is 4. The first kappa shape index (κ1) is 16.7. The minimum absolute atomic E-state index is 0.146. The number of aliphatic carboxylic acids is 1. The molecule has 4 atom stereocenters. The summed E-state index contributed by atoms with van der Waals surface area (Å²) in [5, 5.41) is 14.8. The molecule has 0 spiro atoms. The van der Waals surface area contributed by atoms with E-state index in [1.54, 1.807) is 0 Å². The van der Waals surface area contributed by atoms with Crippen LogP contribution in [0.25, 0.3) is 11.3 Å². The second kappa shape index (κ2) is 6.53. The van der Waals surface area contributed by atoms with Gasteiger partial charge in [0.2, 0.25) is 5.91 Å². The van der Waals surface area contributed by atoms with Crippen molar-refractivity contribution in [3.05, 3.63) is 34.1 Å². The van der Waals surface area contributed by atoms with Gasteiger partial charge in [-0.15, -0.1) is 11.3 Å². The number of carboxylic acid groups (broad SMARTS) is 1. The fraction of sp³-hybridized carbons (Fsp3) is 0.389. The zero-order valence-electron chi connectivity index (χ0n) is 13.3. The number of carbonyl (C=O) groups is 2. The van der Waals surface area contributed by atoms with Gasteiger partial charge in [0.25, 0.3) is 0 Å². The molecule has 7 heteroatoms. The van der Waals surface area contributed by atoms with Gasteiger partial charge in [-0.2, -0.15) is 0 Å². The van der Waals surface area contributed by atoms with Crippen LogP contribution in [-0.4, -0.2) is 22.0 Å². The van der Waals surface area contributed by atoms with E-state index in [9.17, 15) is 14.7 Å². The molecule has 1 aromatic heterocycles. The molecule has 0 radical (unpaired) electrons. The molecule has 2 fully saturated rings. The summed E-state index contributed by atoms with van der Waals surface area (Å²) in [4.78, 5) is 28.8. The summed E-state index contributed by atoms with van der Waals surface area (Å²) in [6, 6.07) is 7.81. The average molecular weight is 421 g/mol. The van der Waals surface area contributed by atoms with Gasteiger partial charge in [0, 0.05) is 15.4 Å². The predicted octanol–water partition coefficient (Wildman–Crippen LogP) is 4.26. The SMILES string of the molecule is O=C(O)C1C2CCC(C2)C1C(=O)Nc1nc(-c2ccc(Br)cc2)cs1. The van der Waals surface area contributed by atoms with Crippen molar-refractivity contribution in [3.8, 4) is 11.3 Å². The highest BCUT2D eigenvalue weighted by atomic mass is 79.9. The topological polar surface area (TPSA) is 79.3 Å². The lowest BCUT2D eigenvalue weighted by molar-refractivity contribution is -0.148. The van der Waals surface area contributed by atoms with Crippen LogP contribution in [0.5, 0.6) is 0 Å². The predicted molar refractivity (Wildman–Crippen MR) is 99.3 cm³/mol. The van der Waals surface area contributed by atoms with E-state index in [0.717, 1.165) is 35.0 Å². The molecule has 2 aliphatic carbocycles. The molecule has 1 amide bonds. The van der Waals surface area contributed by atoms with Crippen molar-refractivity contribution < 1.29 is 14.7 Å². The van der Waals surface area contributed by atoms with Gasteiger partial charge in [-0.1, -0.05) is 28.1 Å². The Morgan fingerprint density at radius 1 is 1.16 bits per heavy atom. The van der Waals surface area contributed by atoms with Crippen LogP contribution in [0.2, 0.25) is 0 Å². The monoisotopic (exact) mass is 420 g/mol. The van der Waals surface area contributed by atoms with Crippen LogP contribution in [0.3, 0.4) is 0 Å². The van der Waals surface area contributed by atoms with E-state index in [1.807, 2.05) is 29.6 Å². The first-order valence-corrected chi connectivity index (χ1v) is 9.95. The number of amides is 1. The molecule has 2 bridgehead atoms. The van der Waals surface area contributed by atoms with Gasteiger partial charge in [-0.3, -0.25) is 9.59 Å². The fourth-order valence-electron chi connectivity index (χ4n) is 4.30. The maximum absolute atomic E-state index is 12.7. The van der Waals surface area contributed by atoms with E-state index in [4.69, 9.17) is 0 Å². The lowest BCUT2D eigenvalue weighted by Gasteiger charge is -2.26. The van der Waals surface area contributed by atoms with Gasteiger partial charge in [0.1, 0.15) is 0 Å². The first-order valence-electron chi connectivity index (χ1n) is 8.28. The number of nitrogens with one attached hydrogen (secondary N) is 1. The number of anilines is 1. The van der Waals surface area contributed by atoms with E-state index in [-0.39, 0.29) is 17.7 Å². The Balaban J connectivity index is 1.50.